The third-order valence-corrected chi connectivity index (χ3v) is 2.74. The summed E-state index contributed by atoms with van der Waals surface area (Å²) >= 11 is 4.44. The second kappa shape index (κ2) is 18.5. The van der Waals surface area contributed by atoms with Gasteiger partial charge in [0, 0.05) is 6.20 Å². The Morgan fingerprint density at radius 1 is 1.08 bits per heavy atom. The summed E-state index contributed by atoms with van der Waals surface area (Å²) in [6.45, 7) is 1.77. The maximum Gasteiger partial charge on any atom is 2.00 e. The molecule has 1 aromatic heterocycles. The van der Waals surface area contributed by atoms with Crippen LogP contribution in [0.25, 0.3) is 5.43 Å². The molecule has 0 aromatic carbocycles. The number of rotatable bonds is 2. The molecule has 1 heterocycles. The Hall–Kier alpha value is -0.807. The van der Waals surface area contributed by atoms with Crippen molar-refractivity contribution >= 4 is 48.3 Å². The maximum absolute atomic E-state index is 6.87. The predicted molar refractivity (Wildman–Crippen MR) is 106 cm³/mol. The van der Waals surface area contributed by atoms with Gasteiger partial charge in [0.25, 0.3) is 0 Å². The number of halogens is 2. The van der Waals surface area contributed by atoms with E-state index < -0.39 is 0 Å². The van der Waals surface area contributed by atoms with Gasteiger partial charge in [-0.2, -0.15) is 0 Å². The first-order chi connectivity index (χ1) is 10.2. The Bertz CT molecular complexity index is 496. The van der Waals surface area contributed by atoms with Crippen LogP contribution in [0.3, 0.4) is 0 Å². The zero-order valence-electron chi connectivity index (χ0n) is 13.4. The molecule has 1 aliphatic rings. The fourth-order valence-electron chi connectivity index (χ4n) is 1.60. The summed E-state index contributed by atoms with van der Waals surface area (Å²) in [5.74, 6) is 0. The van der Waals surface area contributed by atoms with Crippen LogP contribution in [0.5, 0.6) is 0 Å². The third kappa shape index (κ3) is 14.8. The van der Waals surface area contributed by atoms with Crippen LogP contribution in [-0.2, 0) is 32.1 Å². The molecule has 0 fully saturated rings. The number of allylic oxidation sites excluding steroid dienone is 4. The standard InChI is InChI=1S/C8H9N4S.C8H12.2ClH.Ru/c1-6(11-12-8(9)13)7-4-2-3-5-10-7;1-2-4-6-8-7-5-3-1;;;/h2-5H,1H3,(H2-,9,10,12,13);1-2,7-8H,3-6H2;2*1H;/q-1;;;;+2/p-1/b;2-1-,8-7-;;;. The van der Waals surface area contributed by atoms with Gasteiger partial charge in [0.2, 0.25) is 0 Å². The second-order valence-electron chi connectivity index (χ2n) is 4.40. The summed E-state index contributed by atoms with van der Waals surface area (Å²) in [4.78, 5) is 4.06. The van der Waals surface area contributed by atoms with E-state index in [1.165, 1.54) is 25.7 Å². The van der Waals surface area contributed by atoms with Crippen molar-refractivity contribution in [3.05, 3.63) is 59.8 Å². The van der Waals surface area contributed by atoms with E-state index in [9.17, 15) is 0 Å². The first-order valence-electron chi connectivity index (χ1n) is 6.92. The SMILES string of the molecule is C/C(=N\[N-]C(=N)[S-])c1ccccn1.C1=C\CC/C=C\CC/1.Cl.Cl.[Ru+2]. The third-order valence-electron chi connectivity index (χ3n) is 2.66. The van der Waals surface area contributed by atoms with E-state index in [1.54, 1.807) is 13.1 Å². The van der Waals surface area contributed by atoms with Gasteiger partial charge >= 0.3 is 19.5 Å². The minimum Gasteiger partial charge on any atom is -0.788 e. The van der Waals surface area contributed by atoms with E-state index in [0.717, 1.165) is 5.69 Å². The van der Waals surface area contributed by atoms with E-state index in [-0.39, 0.29) is 49.5 Å². The zero-order valence-corrected chi connectivity index (χ0v) is 17.6. The van der Waals surface area contributed by atoms with E-state index in [2.05, 4.69) is 52.4 Å². The van der Waals surface area contributed by atoms with Crippen LogP contribution in [0.1, 0.15) is 38.3 Å². The molecule has 0 bridgehead atoms. The molecule has 0 unspecified atom stereocenters. The summed E-state index contributed by atoms with van der Waals surface area (Å²) < 4.78 is 0. The van der Waals surface area contributed by atoms with Gasteiger partial charge in [0.05, 0.1) is 11.4 Å². The van der Waals surface area contributed by atoms with Crippen LogP contribution in [0.15, 0.2) is 53.8 Å². The van der Waals surface area contributed by atoms with Crippen LogP contribution < -0.4 is 0 Å². The van der Waals surface area contributed by atoms with Crippen molar-refractivity contribution in [1.29, 1.82) is 5.41 Å². The molecule has 24 heavy (non-hydrogen) atoms. The molecular formula is C16H22Cl2N4RuS. The second-order valence-corrected chi connectivity index (χ2v) is 4.79. The number of hydrogen-bond donors (Lipinski definition) is 1. The molecule has 0 spiro atoms. The Morgan fingerprint density at radius 2 is 1.58 bits per heavy atom. The van der Waals surface area contributed by atoms with Crippen molar-refractivity contribution < 1.29 is 19.5 Å². The number of hydrogen-bond acceptors (Lipinski definition) is 4. The van der Waals surface area contributed by atoms with Gasteiger partial charge in [-0.1, -0.05) is 30.4 Å². The molecule has 0 atom stereocenters. The fourth-order valence-corrected chi connectivity index (χ4v) is 1.65. The molecule has 0 radical (unpaired) electrons. The topological polar surface area (TPSA) is 63.2 Å². The minimum atomic E-state index is -0.227. The Kier molecular flexibility index (Phi) is 21.6. The summed E-state index contributed by atoms with van der Waals surface area (Å²) in [6, 6.07) is 5.50. The van der Waals surface area contributed by atoms with Crippen LogP contribution in [-0.4, -0.2) is 15.9 Å². The van der Waals surface area contributed by atoms with Gasteiger partial charge in [-0.15, -0.1) is 24.8 Å². The van der Waals surface area contributed by atoms with Gasteiger partial charge < -0.3 is 23.5 Å². The normalized spacial score (nSPS) is 15.3. The Labute approximate surface area is 175 Å². The van der Waals surface area contributed by atoms with E-state index in [4.69, 9.17) is 5.41 Å². The fraction of sp³-hybridized carbons (Fsp3) is 0.312. The molecule has 0 amide bonds. The number of nitrogens with one attached hydrogen (secondary N) is 1. The summed E-state index contributed by atoms with van der Waals surface area (Å²) in [5.41, 5.74) is 4.83. The largest absolute Gasteiger partial charge is 2.00 e. The zero-order chi connectivity index (χ0) is 15.3. The van der Waals surface area contributed by atoms with Crippen molar-refractivity contribution in [2.45, 2.75) is 32.6 Å². The smallest absolute Gasteiger partial charge is 0.788 e. The number of amidine groups is 1. The average Bonchev–Trinajstić information content (AvgIpc) is 2.45. The van der Waals surface area contributed by atoms with Gasteiger partial charge in [-0.25, -0.2) is 5.17 Å². The predicted octanol–water partition coefficient (Wildman–Crippen LogP) is 5.17. The van der Waals surface area contributed by atoms with Gasteiger partial charge in [0.1, 0.15) is 0 Å². The van der Waals surface area contributed by atoms with Crippen LogP contribution in [0.2, 0.25) is 0 Å². The molecule has 1 aromatic rings. The summed E-state index contributed by atoms with van der Waals surface area (Å²) in [5, 5.41) is 10.4. The van der Waals surface area contributed by atoms with Crippen molar-refractivity contribution in [1.82, 2.24) is 4.98 Å². The van der Waals surface area contributed by atoms with Gasteiger partial charge in [-0.3, -0.25) is 10.1 Å². The Morgan fingerprint density at radius 3 is 1.96 bits per heavy atom. The van der Waals surface area contributed by atoms with Gasteiger partial charge in [0.15, 0.2) is 0 Å². The summed E-state index contributed by atoms with van der Waals surface area (Å²) in [7, 11) is 0. The molecule has 2 rings (SSSR count). The molecule has 134 valence electrons. The quantitative estimate of drug-likeness (QED) is 0.160. The van der Waals surface area contributed by atoms with Crippen molar-refractivity contribution in [2.75, 3.05) is 0 Å². The average molecular weight is 474 g/mol. The number of nitrogens with zero attached hydrogens (tertiary/aromatic N) is 3. The molecule has 4 nitrogen and oxygen atoms in total. The van der Waals surface area contributed by atoms with E-state index in [0.29, 0.717) is 5.71 Å². The molecule has 0 aliphatic heterocycles. The minimum absolute atomic E-state index is 0. The molecule has 1 aliphatic carbocycles. The summed E-state index contributed by atoms with van der Waals surface area (Å²) in [6.07, 6.45) is 15.7. The Balaban J connectivity index is -0.000000353. The van der Waals surface area contributed by atoms with Gasteiger partial charge in [-0.05, 0) is 44.7 Å². The maximum atomic E-state index is 6.87. The van der Waals surface area contributed by atoms with Crippen LogP contribution in [0, 0.1) is 5.41 Å². The van der Waals surface area contributed by atoms with Crippen LogP contribution in [0.4, 0.5) is 0 Å². The monoisotopic (exact) mass is 474 g/mol. The van der Waals surface area contributed by atoms with Crippen molar-refractivity contribution in [2.24, 2.45) is 5.10 Å². The first-order valence-corrected chi connectivity index (χ1v) is 7.33. The molecule has 8 heteroatoms. The van der Waals surface area contributed by atoms with Crippen molar-refractivity contribution in [3.8, 4) is 0 Å². The van der Waals surface area contributed by atoms with E-state index in [1.807, 2.05) is 18.2 Å². The molecule has 1 N–H and O–H groups in total. The van der Waals surface area contributed by atoms with Crippen molar-refractivity contribution in [3.63, 3.8) is 0 Å². The number of pyridine rings is 1. The molecular weight excluding hydrogens is 452 g/mol. The number of aromatic nitrogens is 1. The first kappa shape index (κ1) is 28.0. The molecule has 0 saturated carbocycles. The van der Waals surface area contributed by atoms with E-state index >= 15 is 0 Å². The van der Waals surface area contributed by atoms with Crippen LogP contribution >= 0.6 is 24.8 Å². The molecule has 0 saturated heterocycles.